The summed E-state index contributed by atoms with van der Waals surface area (Å²) >= 11 is 7.81. The molecule has 3 rings (SSSR count). The molecule has 0 bridgehead atoms. The number of thiophene rings is 1. The SMILES string of the molecule is CCN(CC)C(=O)c1ccc(NC(=O)COC(=O)/C=C/c2sc3ccccc3c2Cl)cc1. The first kappa shape index (κ1) is 23.5. The largest absolute Gasteiger partial charge is 0.452 e. The van der Waals surface area contributed by atoms with Crippen molar-refractivity contribution in [2.45, 2.75) is 13.8 Å². The van der Waals surface area contributed by atoms with Crippen molar-refractivity contribution < 1.29 is 19.1 Å². The highest BCUT2D eigenvalue weighted by atomic mass is 35.5. The zero-order valence-corrected chi connectivity index (χ0v) is 19.3. The van der Waals surface area contributed by atoms with Crippen LogP contribution in [0.5, 0.6) is 0 Å². The minimum Gasteiger partial charge on any atom is -0.452 e. The van der Waals surface area contributed by atoms with Crippen LogP contribution in [0, 0.1) is 0 Å². The van der Waals surface area contributed by atoms with E-state index in [2.05, 4.69) is 5.32 Å². The Bertz CT molecular complexity index is 1150. The number of nitrogens with zero attached hydrogens (tertiary/aromatic N) is 1. The Labute approximate surface area is 195 Å². The van der Waals surface area contributed by atoms with Gasteiger partial charge in [-0.3, -0.25) is 9.59 Å². The maximum absolute atomic E-state index is 12.3. The number of hydrogen-bond donors (Lipinski definition) is 1. The van der Waals surface area contributed by atoms with E-state index in [1.165, 1.54) is 17.4 Å². The van der Waals surface area contributed by atoms with Gasteiger partial charge in [-0.1, -0.05) is 29.8 Å². The molecule has 1 heterocycles. The topological polar surface area (TPSA) is 75.7 Å². The Morgan fingerprint density at radius 2 is 1.75 bits per heavy atom. The number of carbonyl (C=O) groups excluding carboxylic acids is 3. The van der Waals surface area contributed by atoms with E-state index >= 15 is 0 Å². The predicted molar refractivity (Wildman–Crippen MR) is 129 cm³/mol. The average molecular weight is 471 g/mol. The molecule has 0 aliphatic rings. The van der Waals surface area contributed by atoms with E-state index in [1.807, 2.05) is 38.1 Å². The first-order valence-electron chi connectivity index (χ1n) is 10.1. The summed E-state index contributed by atoms with van der Waals surface area (Å²) in [5, 5.41) is 4.14. The van der Waals surface area contributed by atoms with E-state index in [1.54, 1.807) is 35.2 Å². The summed E-state index contributed by atoms with van der Waals surface area (Å²) in [6.07, 6.45) is 2.83. The number of rotatable bonds is 8. The highest BCUT2D eigenvalue weighted by Crippen LogP contribution is 2.35. The van der Waals surface area contributed by atoms with Crippen molar-refractivity contribution in [1.29, 1.82) is 0 Å². The Hall–Kier alpha value is -3.16. The fourth-order valence-electron chi connectivity index (χ4n) is 3.06. The standard InChI is InChI=1S/C24H23ClN2O4S/c1-3-27(4-2)24(30)16-9-11-17(12-10-16)26-21(28)15-31-22(29)14-13-20-23(25)18-7-5-6-8-19(18)32-20/h5-14H,3-4,15H2,1-2H3,(H,26,28)/b14-13+. The summed E-state index contributed by atoms with van der Waals surface area (Å²) < 4.78 is 6.02. The second-order valence-corrected chi connectivity index (χ2v) is 8.28. The summed E-state index contributed by atoms with van der Waals surface area (Å²) in [6.45, 7) is 4.67. The van der Waals surface area contributed by atoms with Crippen LogP contribution in [0.1, 0.15) is 29.1 Å². The quantitative estimate of drug-likeness (QED) is 0.361. The van der Waals surface area contributed by atoms with E-state index in [0.717, 1.165) is 15.0 Å². The van der Waals surface area contributed by atoms with Crippen molar-refractivity contribution in [2.24, 2.45) is 0 Å². The lowest BCUT2D eigenvalue weighted by atomic mass is 10.2. The summed E-state index contributed by atoms with van der Waals surface area (Å²) in [4.78, 5) is 38.8. The number of esters is 1. The third-order valence-electron chi connectivity index (χ3n) is 4.74. The molecule has 0 radical (unpaired) electrons. The summed E-state index contributed by atoms with van der Waals surface area (Å²) in [5.74, 6) is -1.18. The normalized spacial score (nSPS) is 11.0. The number of carbonyl (C=O) groups is 3. The molecule has 0 unspecified atom stereocenters. The molecule has 32 heavy (non-hydrogen) atoms. The minimum atomic E-state index is -0.645. The van der Waals surface area contributed by atoms with Crippen molar-refractivity contribution in [3.63, 3.8) is 0 Å². The molecule has 8 heteroatoms. The van der Waals surface area contributed by atoms with Gasteiger partial charge in [-0.2, -0.15) is 0 Å². The van der Waals surface area contributed by atoms with Gasteiger partial charge in [0.05, 0.1) is 5.02 Å². The third kappa shape index (κ3) is 5.75. The van der Waals surface area contributed by atoms with Crippen LogP contribution in [-0.2, 0) is 14.3 Å². The number of amides is 2. The Morgan fingerprint density at radius 3 is 2.41 bits per heavy atom. The van der Waals surface area contributed by atoms with Gasteiger partial charge in [0.2, 0.25) is 0 Å². The van der Waals surface area contributed by atoms with E-state index < -0.39 is 18.5 Å². The molecule has 0 saturated carbocycles. The molecule has 3 aromatic rings. The first-order valence-corrected chi connectivity index (χ1v) is 11.3. The number of anilines is 1. The van der Waals surface area contributed by atoms with Crippen LogP contribution in [0.25, 0.3) is 16.2 Å². The smallest absolute Gasteiger partial charge is 0.331 e. The van der Waals surface area contributed by atoms with Gasteiger partial charge in [-0.15, -0.1) is 11.3 Å². The van der Waals surface area contributed by atoms with Crippen molar-refractivity contribution in [2.75, 3.05) is 25.0 Å². The van der Waals surface area contributed by atoms with Crippen LogP contribution in [0.4, 0.5) is 5.69 Å². The van der Waals surface area contributed by atoms with Gasteiger partial charge < -0.3 is 15.0 Å². The van der Waals surface area contributed by atoms with Crippen molar-refractivity contribution in [3.8, 4) is 0 Å². The van der Waals surface area contributed by atoms with Crippen LogP contribution in [0.2, 0.25) is 5.02 Å². The lowest BCUT2D eigenvalue weighted by molar-refractivity contribution is -0.142. The molecule has 6 nitrogen and oxygen atoms in total. The number of nitrogens with one attached hydrogen (secondary N) is 1. The maximum atomic E-state index is 12.3. The van der Waals surface area contributed by atoms with Gasteiger partial charge in [-0.05, 0) is 50.3 Å². The molecular weight excluding hydrogens is 448 g/mol. The van der Waals surface area contributed by atoms with Crippen molar-refractivity contribution >= 4 is 62.6 Å². The predicted octanol–water partition coefficient (Wildman–Crippen LogP) is 5.23. The Morgan fingerprint density at radius 1 is 1.06 bits per heavy atom. The average Bonchev–Trinajstić information content (AvgIpc) is 3.13. The Kier molecular flexibility index (Phi) is 8.03. The molecule has 0 aliphatic carbocycles. The molecule has 1 N–H and O–H groups in total. The van der Waals surface area contributed by atoms with Crippen LogP contribution in [0.15, 0.2) is 54.6 Å². The van der Waals surface area contributed by atoms with Gasteiger partial charge in [0.1, 0.15) is 0 Å². The molecule has 2 amide bonds. The fourth-order valence-corrected chi connectivity index (χ4v) is 4.45. The van der Waals surface area contributed by atoms with Crippen LogP contribution < -0.4 is 5.32 Å². The van der Waals surface area contributed by atoms with Crippen molar-refractivity contribution in [1.82, 2.24) is 4.90 Å². The summed E-state index contributed by atoms with van der Waals surface area (Å²) in [5.41, 5.74) is 1.05. The van der Waals surface area contributed by atoms with Crippen LogP contribution in [0.3, 0.4) is 0 Å². The zero-order valence-electron chi connectivity index (χ0n) is 17.8. The number of fused-ring (bicyclic) bond motifs is 1. The zero-order chi connectivity index (χ0) is 23.1. The number of ether oxygens (including phenoxy) is 1. The third-order valence-corrected chi connectivity index (χ3v) is 6.40. The van der Waals surface area contributed by atoms with E-state index in [4.69, 9.17) is 16.3 Å². The van der Waals surface area contributed by atoms with E-state index in [9.17, 15) is 14.4 Å². The molecule has 0 atom stereocenters. The molecular formula is C24H23ClN2O4S. The summed E-state index contributed by atoms with van der Waals surface area (Å²) in [6, 6.07) is 14.3. The fraction of sp³-hybridized carbons (Fsp3) is 0.208. The second-order valence-electron chi connectivity index (χ2n) is 6.82. The van der Waals surface area contributed by atoms with Crippen molar-refractivity contribution in [3.05, 3.63) is 70.1 Å². The minimum absolute atomic E-state index is 0.0627. The van der Waals surface area contributed by atoms with Crippen LogP contribution in [-0.4, -0.2) is 42.4 Å². The maximum Gasteiger partial charge on any atom is 0.331 e. The number of halogens is 1. The Balaban J connectivity index is 1.51. The number of benzene rings is 2. The van der Waals surface area contributed by atoms with Gasteiger partial charge in [-0.25, -0.2) is 4.79 Å². The first-order chi connectivity index (χ1) is 15.4. The molecule has 2 aromatic carbocycles. The van der Waals surface area contributed by atoms with Gasteiger partial charge in [0.15, 0.2) is 6.61 Å². The molecule has 0 aliphatic heterocycles. The molecule has 1 aromatic heterocycles. The second kappa shape index (κ2) is 10.9. The van der Waals surface area contributed by atoms with Gasteiger partial charge in [0, 0.05) is 45.4 Å². The summed E-state index contributed by atoms with van der Waals surface area (Å²) in [7, 11) is 0. The molecule has 0 saturated heterocycles. The molecule has 0 fully saturated rings. The lowest BCUT2D eigenvalue weighted by Crippen LogP contribution is -2.30. The van der Waals surface area contributed by atoms with E-state index in [-0.39, 0.29) is 5.91 Å². The van der Waals surface area contributed by atoms with Gasteiger partial charge in [0.25, 0.3) is 11.8 Å². The lowest BCUT2D eigenvalue weighted by Gasteiger charge is -2.18. The molecule has 0 spiro atoms. The highest BCUT2D eigenvalue weighted by Gasteiger charge is 2.13. The van der Waals surface area contributed by atoms with E-state index in [0.29, 0.717) is 29.4 Å². The monoisotopic (exact) mass is 470 g/mol. The van der Waals surface area contributed by atoms with Gasteiger partial charge >= 0.3 is 5.97 Å². The highest BCUT2D eigenvalue weighted by molar-refractivity contribution is 7.20. The molecule has 166 valence electrons. The van der Waals surface area contributed by atoms with Crippen LogP contribution >= 0.6 is 22.9 Å². The number of hydrogen-bond acceptors (Lipinski definition) is 5.